The average Bonchev–Trinajstić information content (AvgIpc) is 3.11. The molecule has 160 valence electrons. The number of halogens is 1. The lowest BCUT2D eigenvalue weighted by atomic mass is 10.1. The van der Waals surface area contributed by atoms with Crippen molar-refractivity contribution in [2.45, 2.75) is 18.9 Å². The van der Waals surface area contributed by atoms with Crippen molar-refractivity contribution in [1.82, 2.24) is 9.24 Å². The highest BCUT2D eigenvalue weighted by molar-refractivity contribution is 7.52. The number of benzene rings is 2. The van der Waals surface area contributed by atoms with Crippen LogP contribution in [0, 0.1) is 5.82 Å². The molecule has 1 aliphatic rings. The number of hydrogen-bond donors (Lipinski definition) is 0. The Balaban J connectivity index is 1.74. The van der Waals surface area contributed by atoms with Crippen LogP contribution in [0.25, 0.3) is 10.9 Å². The van der Waals surface area contributed by atoms with Gasteiger partial charge < -0.3 is 9.64 Å². The Labute approximate surface area is 175 Å². The lowest BCUT2D eigenvalue weighted by molar-refractivity contribution is 0.0771. The molecular formula is C22H26FN2O4P. The molecule has 2 aromatic carbocycles. The standard InChI is InChI=1S/C22H26FN2O4P/c1-24(2)12-10-17-15-25(21-14-19(27-3)8-9-20(17)21)30(26)28-13-11-22(29-30)16-4-6-18(23)7-5-16/h4-9,14-15,22H,10-13H2,1-3H3. The fourth-order valence-corrected chi connectivity index (χ4v) is 5.55. The van der Waals surface area contributed by atoms with Gasteiger partial charge in [-0.25, -0.2) is 8.96 Å². The first-order chi connectivity index (χ1) is 14.4. The summed E-state index contributed by atoms with van der Waals surface area (Å²) in [7, 11) is 1.99. The van der Waals surface area contributed by atoms with E-state index >= 15 is 0 Å². The maximum Gasteiger partial charge on any atom is 0.439 e. The normalized spacial score (nSPS) is 22.0. The van der Waals surface area contributed by atoms with Crippen molar-refractivity contribution >= 4 is 18.6 Å². The van der Waals surface area contributed by atoms with Gasteiger partial charge in [-0.3, -0.25) is 13.4 Å². The van der Waals surface area contributed by atoms with E-state index in [0.29, 0.717) is 12.2 Å². The first kappa shape index (κ1) is 21.1. The zero-order valence-electron chi connectivity index (χ0n) is 17.4. The fraction of sp³-hybridized carbons (Fsp3) is 0.364. The van der Waals surface area contributed by atoms with Crippen LogP contribution >= 0.6 is 7.75 Å². The molecule has 1 saturated heterocycles. The van der Waals surface area contributed by atoms with Crippen LogP contribution in [0.15, 0.2) is 48.7 Å². The molecular weight excluding hydrogens is 406 g/mol. The topological polar surface area (TPSA) is 52.9 Å². The van der Waals surface area contributed by atoms with Gasteiger partial charge in [-0.1, -0.05) is 12.1 Å². The average molecular weight is 432 g/mol. The van der Waals surface area contributed by atoms with Gasteiger partial charge in [0.05, 0.1) is 25.3 Å². The molecule has 0 amide bonds. The minimum absolute atomic E-state index is 0.288. The third kappa shape index (κ3) is 4.16. The van der Waals surface area contributed by atoms with Gasteiger partial charge in [0.2, 0.25) is 0 Å². The van der Waals surface area contributed by atoms with Crippen LogP contribution in [0.1, 0.15) is 23.7 Å². The molecule has 6 nitrogen and oxygen atoms in total. The van der Waals surface area contributed by atoms with E-state index in [1.165, 1.54) is 12.1 Å². The molecule has 0 bridgehead atoms. The van der Waals surface area contributed by atoms with Gasteiger partial charge in [0.15, 0.2) is 0 Å². The van der Waals surface area contributed by atoms with E-state index in [0.717, 1.165) is 35.0 Å². The van der Waals surface area contributed by atoms with Gasteiger partial charge in [-0.15, -0.1) is 0 Å². The highest BCUT2D eigenvalue weighted by Crippen LogP contribution is 2.58. The van der Waals surface area contributed by atoms with Crippen LogP contribution in [0.3, 0.4) is 0 Å². The van der Waals surface area contributed by atoms with Crippen molar-refractivity contribution in [2.24, 2.45) is 0 Å². The van der Waals surface area contributed by atoms with Gasteiger partial charge >= 0.3 is 7.75 Å². The third-order valence-corrected chi connectivity index (χ3v) is 7.19. The molecule has 0 saturated carbocycles. The summed E-state index contributed by atoms with van der Waals surface area (Å²) in [5, 5.41) is 0.990. The summed E-state index contributed by atoms with van der Waals surface area (Å²) in [6, 6.07) is 11.8. The van der Waals surface area contributed by atoms with Gasteiger partial charge in [0.1, 0.15) is 11.6 Å². The third-order valence-electron chi connectivity index (χ3n) is 5.30. The number of methoxy groups -OCH3 is 1. The zero-order valence-corrected chi connectivity index (χ0v) is 18.3. The van der Waals surface area contributed by atoms with Crippen LogP contribution < -0.4 is 4.74 Å². The van der Waals surface area contributed by atoms with Crippen molar-refractivity contribution in [1.29, 1.82) is 0 Å². The predicted octanol–water partition coefficient (Wildman–Crippen LogP) is 5.03. The van der Waals surface area contributed by atoms with E-state index in [1.807, 2.05) is 38.5 Å². The van der Waals surface area contributed by atoms with Gasteiger partial charge in [-0.2, -0.15) is 0 Å². The summed E-state index contributed by atoms with van der Waals surface area (Å²) in [5.74, 6) is 0.350. The number of rotatable bonds is 6. The van der Waals surface area contributed by atoms with E-state index in [-0.39, 0.29) is 12.4 Å². The van der Waals surface area contributed by atoms with Crippen LogP contribution in [-0.4, -0.2) is 43.6 Å². The summed E-state index contributed by atoms with van der Waals surface area (Å²) < 4.78 is 45.9. The minimum atomic E-state index is -3.65. The Kier molecular flexibility index (Phi) is 5.98. The van der Waals surface area contributed by atoms with E-state index < -0.39 is 13.9 Å². The SMILES string of the molecule is COc1ccc2c(CCN(C)C)cn(P3(=O)OCCC(c4ccc(F)cc4)O3)c2c1. The highest BCUT2D eigenvalue weighted by Gasteiger charge is 2.38. The predicted molar refractivity (Wildman–Crippen MR) is 115 cm³/mol. The number of ether oxygens (including phenoxy) is 1. The second kappa shape index (κ2) is 8.52. The Morgan fingerprint density at radius 3 is 2.70 bits per heavy atom. The smallest absolute Gasteiger partial charge is 0.439 e. The number of likely N-dealkylation sites (N-methyl/N-ethyl adjacent to an activating group) is 1. The van der Waals surface area contributed by atoms with Crippen molar-refractivity contribution in [3.8, 4) is 5.75 Å². The maximum absolute atomic E-state index is 13.8. The van der Waals surface area contributed by atoms with Crippen LogP contribution in [0.5, 0.6) is 5.75 Å². The minimum Gasteiger partial charge on any atom is -0.497 e. The number of fused-ring (bicyclic) bond motifs is 1. The lowest BCUT2D eigenvalue weighted by Gasteiger charge is -2.30. The lowest BCUT2D eigenvalue weighted by Crippen LogP contribution is -2.17. The van der Waals surface area contributed by atoms with Gasteiger partial charge in [0, 0.05) is 30.6 Å². The van der Waals surface area contributed by atoms with E-state index in [1.54, 1.807) is 23.6 Å². The fourth-order valence-electron chi connectivity index (χ4n) is 3.67. The molecule has 8 heteroatoms. The Hall–Kier alpha value is -2.18. The summed E-state index contributed by atoms with van der Waals surface area (Å²) in [5.41, 5.74) is 2.58. The first-order valence-electron chi connectivity index (χ1n) is 9.91. The van der Waals surface area contributed by atoms with Crippen LogP contribution in [0.2, 0.25) is 0 Å². The van der Waals surface area contributed by atoms with Crippen LogP contribution in [0.4, 0.5) is 4.39 Å². The van der Waals surface area contributed by atoms with Crippen molar-refractivity contribution in [3.63, 3.8) is 0 Å². The molecule has 0 aliphatic carbocycles. The quantitative estimate of drug-likeness (QED) is 0.512. The van der Waals surface area contributed by atoms with Crippen molar-refractivity contribution in [2.75, 3.05) is 34.4 Å². The van der Waals surface area contributed by atoms with E-state index in [2.05, 4.69) is 4.90 Å². The molecule has 2 heterocycles. The summed E-state index contributed by atoms with van der Waals surface area (Å²) in [4.78, 5) is 2.10. The summed E-state index contributed by atoms with van der Waals surface area (Å²) in [6.07, 6.45) is 2.77. The Morgan fingerprint density at radius 2 is 2.00 bits per heavy atom. The molecule has 4 rings (SSSR count). The highest BCUT2D eigenvalue weighted by atomic mass is 31.2. The van der Waals surface area contributed by atoms with Crippen LogP contribution in [-0.2, 0) is 20.0 Å². The maximum atomic E-state index is 13.8. The summed E-state index contributed by atoms with van der Waals surface area (Å²) >= 11 is 0. The first-order valence-corrected chi connectivity index (χ1v) is 11.4. The van der Waals surface area contributed by atoms with E-state index in [9.17, 15) is 8.96 Å². The van der Waals surface area contributed by atoms with Gasteiger partial charge in [-0.05, 0) is 55.9 Å². The van der Waals surface area contributed by atoms with Gasteiger partial charge in [0.25, 0.3) is 0 Å². The Morgan fingerprint density at radius 1 is 1.23 bits per heavy atom. The molecule has 1 aromatic heterocycles. The molecule has 3 aromatic rings. The molecule has 1 fully saturated rings. The summed E-state index contributed by atoms with van der Waals surface area (Å²) in [6.45, 7) is 1.14. The molecule has 30 heavy (non-hydrogen) atoms. The van der Waals surface area contributed by atoms with Crippen molar-refractivity contribution in [3.05, 3.63) is 65.6 Å². The molecule has 2 unspecified atom stereocenters. The number of hydrogen-bond acceptors (Lipinski definition) is 5. The second-order valence-electron chi connectivity index (χ2n) is 7.67. The number of aromatic nitrogens is 1. The number of nitrogens with zero attached hydrogens (tertiary/aromatic N) is 2. The molecule has 0 radical (unpaired) electrons. The molecule has 0 spiro atoms. The monoisotopic (exact) mass is 432 g/mol. The molecule has 2 atom stereocenters. The second-order valence-corrected chi connectivity index (χ2v) is 9.51. The molecule has 1 aliphatic heterocycles. The van der Waals surface area contributed by atoms with E-state index in [4.69, 9.17) is 13.8 Å². The largest absolute Gasteiger partial charge is 0.497 e. The van der Waals surface area contributed by atoms with Crippen molar-refractivity contribution < 1.29 is 22.7 Å². The Bertz CT molecular complexity index is 1080. The zero-order chi connectivity index (χ0) is 21.3. The molecule has 0 N–H and O–H groups in total.